The third-order valence-corrected chi connectivity index (χ3v) is 2.06. The molecule has 2 aromatic heterocycles. The fourth-order valence-corrected chi connectivity index (χ4v) is 1.45. The van der Waals surface area contributed by atoms with Crippen LogP contribution in [0.1, 0.15) is 5.82 Å². The standard InChI is InChI=1S/C9H10N4O2/c1-3-4-13-7-6(10-5(2)11-7)8(14)12-9(13)15/h3H,1,4H2,2H3,(H,10,11)(H,12,14,15). The molecule has 0 saturated heterocycles. The molecule has 0 saturated carbocycles. The Kier molecular flexibility index (Phi) is 2.03. The maximum atomic E-state index is 11.5. The lowest BCUT2D eigenvalue weighted by Gasteiger charge is -2.00. The average Bonchev–Trinajstić information content (AvgIpc) is 2.55. The summed E-state index contributed by atoms with van der Waals surface area (Å²) >= 11 is 0. The predicted molar refractivity (Wildman–Crippen MR) is 55.9 cm³/mol. The molecule has 2 heterocycles. The van der Waals surface area contributed by atoms with Crippen molar-refractivity contribution in [3.05, 3.63) is 39.3 Å². The Morgan fingerprint density at radius 2 is 2.20 bits per heavy atom. The smallest absolute Gasteiger partial charge is 0.330 e. The van der Waals surface area contributed by atoms with Gasteiger partial charge < -0.3 is 4.98 Å². The first-order valence-corrected chi connectivity index (χ1v) is 4.44. The van der Waals surface area contributed by atoms with Crippen molar-refractivity contribution in [1.29, 1.82) is 0 Å². The van der Waals surface area contributed by atoms with E-state index in [1.807, 2.05) is 0 Å². The monoisotopic (exact) mass is 206 g/mol. The second-order valence-electron chi connectivity index (χ2n) is 3.18. The summed E-state index contributed by atoms with van der Waals surface area (Å²) in [5, 5.41) is 0. The molecule has 2 N–H and O–H groups in total. The third-order valence-electron chi connectivity index (χ3n) is 2.06. The van der Waals surface area contributed by atoms with E-state index in [0.29, 0.717) is 23.5 Å². The molecule has 0 atom stereocenters. The number of rotatable bonds is 2. The van der Waals surface area contributed by atoms with Gasteiger partial charge in [-0.1, -0.05) is 6.08 Å². The molecule has 0 amide bonds. The van der Waals surface area contributed by atoms with Crippen LogP contribution >= 0.6 is 0 Å². The number of aromatic nitrogens is 4. The number of aryl methyl sites for hydroxylation is 1. The SMILES string of the molecule is C=CCn1c(=O)[nH]c(=O)c2[nH]c(C)nc21. The van der Waals surface area contributed by atoms with E-state index in [4.69, 9.17) is 0 Å². The molecule has 6 nitrogen and oxygen atoms in total. The highest BCUT2D eigenvalue weighted by atomic mass is 16.2. The second kappa shape index (κ2) is 3.23. The van der Waals surface area contributed by atoms with Crippen molar-refractivity contribution in [2.45, 2.75) is 13.5 Å². The number of hydrogen-bond donors (Lipinski definition) is 2. The summed E-state index contributed by atoms with van der Waals surface area (Å²) in [5.74, 6) is 0.596. The molecule has 0 spiro atoms. The topological polar surface area (TPSA) is 83.5 Å². The lowest BCUT2D eigenvalue weighted by atomic mass is 10.5. The molecule has 0 radical (unpaired) electrons. The fourth-order valence-electron chi connectivity index (χ4n) is 1.45. The first-order valence-electron chi connectivity index (χ1n) is 4.44. The van der Waals surface area contributed by atoms with Crippen LogP contribution < -0.4 is 11.2 Å². The van der Waals surface area contributed by atoms with Crippen LogP contribution in [0.3, 0.4) is 0 Å². The fraction of sp³-hybridized carbons (Fsp3) is 0.222. The van der Waals surface area contributed by atoms with Gasteiger partial charge in [0.1, 0.15) is 11.3 Å². The zero-order valence-corrected chi connectivity index (χ0v) is 8.20. The van der Waals surface area contributed by atoms with Crippen LogP contribution in [0.5, 0.6) is 0 Å². The number of allylic oxidation sites excluding steroid dienone is 1. The Morgan fingerprint density at radius 3 is 2.87 bits per heavy atom. The minimum absolute atomic E-state index is 0.314. The summed E-state index contributed by atoms with van der Waals surface area (Å²) in [4.78, 5) is 32.0. The molecule has 0 unspecified atom stereocenters. The summed E-state index contributed by atoms with van der Waals surface area (Å²) in [6.07, 6.45) is 1.57. The van der Waals surface area contributed by atoms with E-state index in [2.05, 4.69) is 21.5 Å². The first-order chi connectivity index (χ1) is 7.13. The number of H-pyrrole nitrogens is 2. The molecular weight excluding hydrogens is 196 g/mol. The van der Waals surface area contributed by atoms with E-state index in [9.17, 15) is 9.59 Å². The van der Waals surface area contributed by atoms with Crippen LogP contribution in [-0.2, 0) is 6.54 Å². The van der Waals surface area contributed by atoms with Crippen LogP contribution in [0, 0.1) is 6.92 Å². The van der Waals surface area contributed by atoms with Gasteiger partial charge in [-0.3, -0.25) is 14.3 Å². The molecular formula is C9H10N4O2. The normalized spacial score (nSPS) is 10.7. The summed E-state index contributed by atoms with van der Waals surface area (Å²) in [6, 6.07) is 0. The Morgan fingerprint density at radius 1 is 1.47 bits per heavy atom. The van der Waals surface area contributed by atoms with Crippen molar-refractivity contribution in [2.24, 2.45) is 0 Å². The van der Waals surface area contributed by atoms with Crippen LogP contribution in [0.15, 0.2) is 22.2 Å². The molecule has 0 aliphatic heterocycles. The zero-order chi connectivity index (χ0) is 11.0. The van der Waals surface area contributed by atoms with E-state index in [1.165, 1.54) is 4.57 Å². The number of nitrogens with one attached hydrogen (secondary N) is 2. The minimum atomic E-state index is -0.473. The quantitative estimate of drug-likeness (QED) is 0.673. The Hall–Kier alpha value is -2.11. The number of imidazole rings is 1. The molecule has 78 valence electrons. The van der Waals surface area contributed by atoms with Gasteiger partial charge >= 0.3 is 5.69 Å². The molecule has 0 aliphatic carbocycles. The highest BCUT2D eigenvalue weighted by Gasteiger charge is 2.09. The lowest BCUT2D eigenvalue weighted by molar-refractivity contribution is 0.766. The van der Waals surface area contributed by atoms with Gasteiger partial charge in [0.2, 0.25) is 0 Å². The molecule has 0 bridgehead atoms. The van der Waals surface area contributed by atoms with Crippen LogP contribution in [0.2, 0.25) is 0 Å². The van der Waals surface area contributed by atoms with Gasteiger partial charge in [0, 0.05) is 6.54 Å². The van der Waals surface area contributed by atoms with E-state index >= 15 is 0 Å². The molecule has 0 aliphatic rings. The second-order valence-corrected chi connectivity index (χ2v) is 3.18. The third kappa shape index (κ3) is 1.39. The lowest BCUT2D eigenvalue weighted by Crippen LogP contribution is -2.30. The molecule has 15 heavy (non-hydrogen) atoms. The Balaban J connectivity index is 2.95. The van der Waals surface area contributed by atoms with Gasteiger partial charge in [-0.15, -0.1) is 6.58 Å². The molecule has 2 aromatic rings. The van der Waals surface area contributed by atoms with Crippen LogP contribution in [0.25, 0.3) is 11.2 Å². The van der Waals surface area contributed by atoms with Crippen LogP contribution in [-0.4, -0.2) is 19.5 Å². The van der Waals surface area contributed by atoms with Gasteiger partial charge in [-0.25, -0.2) is 9.78 Å². The van der Waals surface area contributed by atoms with Gasteiger partial charge in [0.15, 0.2) is 5.65 Å². The summed E-state index contributed by atoms with van der Waals surface area (Å²) < 4.78 is 1.35. The first kappa shape index (κ1) is 9.45. The number of hydrogen-bond acceptors (Lipinski definition) is 3. The van der Waals surface area contributed by atoms with E-state index in [0.717, 1.165) is 0 Å². The van der Waals surface area contributed by atoms with Crippen molar-refractivity contribution >= 4 is 11.2 Å². The Bertz CT molecular complexity index is 632. The van der Waals surface area contributed by atoms with Gasteiger partial charge in [-0.2, -0.15) is 0 Å². The molecule has 2 rings (SSSR count). The van der Waals surface area contributed by atoms with Crippen molar-refractivity contribution < 1.29 is 0 Å². The Labute approximate surface area is 84.3 Å². The highest BCUT2D eigenvalue weighted by Crippen LogP contribution is 2.03. The van der Waals surface area contributed by atoms with Crippen LogP contribution in [0.4, 0.5) is 0 Å². The van der Waals surface area contributed by atoms with Gasteiger partial charge in [0.25, 0.3) is 5.56 Å². The summed E-state index contributed by atoms with van der Waals surface area (Å²) in [5.41, 5.74) is -0.245. The molecule has 6 heteroatoms. The summed E-state index contributed by atoms with van der Waals surface area (Å²) in [6.45, 7) is 5.58. The zero-order valence-electron chi connectivity index (χ0n) is 8.20. The maximum absolute atomic E-state index is 11.5. The number of nitrogens with zero attached hydrogens (tertiary/aromatic N) is 2. The predicted octanol–water partition coefficient (Wildman–Crippen LogP) is -0.0927. The van der Waals surface area contributed by atoms with Gasteiger partial charge in [0.05, 0.1) is 0 Å². The number of aromatic amines is 2. The molecule has 0 aromatic carbocycles. The minimum Gasteiger partial charge on any atom is -0.336 e. The number of fused-ring (bicyclic) bond motifs is 1. The maximum Gasteiger partial charge on any atom is 0.330 e. The van der Waals surface area contributed by atoms with E-state index < -0.39 is 11.2 Å². The van der Waals surface area contributed by atoms with E-state index in [-0.39, 0.29) is 0 Å². The average molecular weight is 206 g/mol. The van der Waals surface area contributed by atoms with Crippen molar-refractivity contribution in [2.75, 3.05) is 0 Å². The van der Waals surface area contributed by atoms with Gasteiger partial charge in [-0.05, 0) is 6.92 Å². The largest absolute Gasteiger partial charge is 0.336 e. The summed E-state index contributed by atoms with van der Waals surface area (Å²) in [7, 11) is 0. The molecule has 0 fully saturated rings. The van der Waals surface area contributed by atoms with E-state index in [1.54, 1.807) is 13.0 Å². The highest BCUT2D eigenvalue weighted by molar-refractivity contribution is 5.69. The van der Waals surface area contributed by atoms with Crippen molar-refractivity contribution in [3.8, 4) is 0 Å². The van der Waals surface area contributed by atoms with Crippen molar-refractivity contribution in [3.63, 3.8) is 0 Å². The van der Waals surface area contributed by atoms with Crippen molar-refractivity contribution in [1.82, 2.24) is 19.5 Å².